The Morgan fingerprint density at radius 1 is 0.824 bits per heavy atom. The number of fused-ring (bicyclic) bond motifs is 7. The van der Waals surface area contributed by atoms with Gasteiger partial charge in [0.2, 0.25) is 0 Å². The Balaban J connectivity index is 1.04. The minimum Gasteiger partial charge on any atom is -0.393 e. The first kappa shape index (κ1) is 37.2. The smallest absolute Gasteiger partial charge is 0.187 e. The van der Waals surface area contributed by atoms with Gasteiger partial charge in [0.1, 0.15) is 36.6 Å². The molecule has 0 bridgehead atoms. The zero-order valence-corrected chi connectivity index (χ0v) is 30.5. The van der Waals surface area contributed by atoms with Gasteiger partial charge in [-0.2, -0.15) is 0 Å². The Kier molecular flexibility index (Phi) is 9.60. The number of aliphatic hydroxyl groups excluding tert-OH is 7. The van der Waals surface area contributed by atoms with Crippen LogP contribution in [0.4, 0.5) is 0 Å². The highest BCUT2D eigenvalue weighted by molar-refractivity contribution is 5.29. The molecule has 3 saturated carbocycles. The fourth-order valence-electron chi connectivity index (χ4n) is 12.4. The Morgan fingerprint density at radius 3 is 2.33 bits per heavy atom. The normalized spacial score (nSPS) is 59.8. The lowest BCUT2D eigenvalue weighted by atomic mass is 9.46. The number of allylic oxidation sites excluding steroid dienone is 1. The Labute approximate surface area is 300 Å². The molecule has 8 aliphatic rings. The fraction of sp³-hybridized carbons (Fsp3) is 0.947. The highest BCUT2D eigenvalue weighted by Gasteiger charge is 2.70. The lowest BCUT2D eigenvalue weighted by molar-refractivity contribution is -0.362. The average molecular weight is 725 g/mol. The van der Waals surface area contributed by atoms with Crippen molar-refractivity contribution in [1.82, 2.24) is 0 Å². The molecule has 8 rings (SSSR count). The Morgan fingerprint density at radius 2 is 1.59 bits per heavy atom. The molecule has 0 aromatic heterocycles. The van der Waals surface area contributed by atoms with Crippen molar-refractivity contribution in [3.63, 3.8) is 0 Å². The summed E-state index contributed by atoms with van der Waals surface area (Å²) < 4.78 is 37.8. The van der Waals surface area contributed by atoms with Crippen molar-refractivity contribution in [2.75, 3.05) is 13.2 Å². The summed E-state index contributed by atoms with van der Waals surface area (Å²) in [6.45, 7) is 10.8. The second-order valence-electron chi connectivity index (χ2n) is 18.0. The molecule has 290 valence electrons. The second-order valence-corrected chi connectivity index (χ2v) is 18.0. The minimum absolute atomic E-state index is 0.0418. The van der Waals surface area contributed by atoms with E-state index in [1.807, 2.05) is 6.92 Å². The van der Waals surface area contributed by atoms with Gasteiger partial charge in [-0.15, -0.1) is 0 Å². The van der Waals surface area contributed by atoms with E-state index >= 15 is 0 Å². The van der Waals surface area contributed by atoms with Gasteiger partial charge < -0.3 is 64.2 Å². The van der Waals surface area contributed by atoms with Crippen LogP contribution >= 0.6 is 0 Å². The molecule has 7 fully saturated rings. The highest BCUT2D eigenvalue weighted by Crippen LogP contribution is 2.71. The van der Waals surface area contributed by atoms with Crippen LogP contribution in [0.2, 0.25) is 0 Å². The zero-order valence-electron chi connectivity index (χ0n) is 30.5. The van der Waals surface area contributed by atoms with Gasteiger partial charge in [-0.25, -0.2) is 0 Å². The molecule has 4 heterocycles. The minimum atomic E-state index is -1.62. The van der Waals surface area contributed by atoms with E-state index in [0.717, 1.165) is 25.7 Å². The summed E-state index contributed by atoms with van der Waals surface area (Å²) in [5.41, 5.74) is 0.759. The van der Waals surface area contributed by atoms with E-state index in [4.69, 9.17) is 28.4 Å². The van der Waals surface area contributed by atoms with Gasteiger partial charge in [-0.05, 0) is 68.1 Å². The number of rotatable bonds is 4. The maximum absolute atomic E-state index is 11.1. The number of hydrogen-bond donors (Lipinski definition) is 7. The lowest BCUT2D eigenvalue weighted by Gasteiger charge is -2.60. The molecule has 0 unspecified atom stereocenters. The van der Waals surface area contributed by atoms with Crippen LogP contribution in [0.5, 0.6) is 0 Å². The molecular formula is C38H60O13. The lowest BCUT2D eigenvalue weighted by Crippen LogP contribution is -2.63. The topological polar surface area (TPSA) is 197 Å². The summed E-state index contributed by atoms with van der Waals surface area (Å²) in [5.74, 6) is 0.859. The molecular weight excluding hydrogens is 664 g/mol. The van der Waals surface area contributed by atoms with Crippen LogP contribution in [-0.4, -0.2) is 134 Å². The van der Waals surface area contributed by atoms with E-state index in [1.165, 1.54) is 12.5 Å². The Bertz CT molecular complexity index is 1330. The van der Waals surface area contributed by atoms with Crippen molar-refractivity contribution in [3.05, 3.63) is 11.6 Å². The predicted molar refractivity (Wildman–Crippen MR) is 178 cm³/mol. The van der Waals surface area contributed by atoms with Crippen molar-refractivity contribution in [3.8, 4) is 0 Å². The summed E-state index contributed by atoms with van der Waals surface area (Å²) in [5, 5.41) is 75.0. The number of aliphatic hydroxyl groups is 7. The van der Waals surface area contributed by atoms with Crippen LogP contribution in [0.3, 0.4) is 0 Å². The van der Waals surface area contributed by atoms with Gasteiger partial charge in [0.15, 0.2) is 18.4 Å². The first-order valence-corrected chi connectivity index (χ1v) is 19.4. The van der Waals surface area contributed by atoms with Crippen LogP contribution in [0.25, 0.3) is 0 Å². The monoisotopic (exact) mass is 724 g/mol. The molecule has 4 saturated heterocycles. The molecule has 22 atom stereocenters. The second kappa shape index (κ2) is 13.2. The van der Waals surface area contributed by atoms with E-state index in [-0.39, 0.29) is 35.9 Å². The van der Waals surface area contributed by atoms with Crippen molar-refractivity contribution < 1.29 is 64.2 Å². The third-order valence-electron chi connectivity index (χ3n) is 15.4. The van der Waals surface area contributed by atoms with Crippen LogP contribution in [0.15, 0.2) is 11.6 Å². The van der Waals surface area contributed by atoms with Crippen LogP contribution in [0.1, 0.15) is 79.6 Å². The molecule has 13 heteroatoms. The molecule has 51 heavy (non-hydrogen) atoms. The van der Waals surface area contributed by atoms with Crippen molar-refractivity contribution in [2.24, 2.45) is 46.3 Å². The third kappa shape index (κ3) is 5.66. The molecule has 4 aliphatic heterocycles. The van der Waals surface area contributed by atoms with Gasteiger partial charge in [-0.3, -0.25) is 0 Å². The van der Waals surface area contributed by atoms with Gasteiger partial charge >= 0.3 is 0 Å². The SMILES string of the molecule is C[C@@H]1CO[C@]2(C[C@@H]1O)O[C@@H]1C[C@@H]3[C@@H]4CC=C5C[C@@H](O)C[C@@H](O[C@@H]6OC[C@H](O)[C@H](O)[C@@H]6O[C@@H]6O[C@H](C)[C@H](O)[C@H](O)[C@@H]6O)[C@]5(C)[C@@H]4CC[C@]3(C)[C@@H]1[C@@H]2C. The average Bonchev–Trinajstić information content (AvgIpc) is 3.53. The standard InChI is InChI=1S/C38H60O13/c1-16-14-47-38(13-24(16)40)17(2)28-26(51-38)12-23-21-7-6-19-10-20(39)11-27(37(19,5)22(21)8-9-36(23,28)4)49-35-33(30(43)25(41)15-46-35)50-34-32(45)31(44)29(42)18(3)48-34/h6,16-18,20-35,39-45H,7-15H2,1-5H3/t16-,17+,18-,20-,21-,22-,23-,24+,25+,26-,27-,28-,29+,30+,31+,32+,33+,34+,35+,36+,37+,38-/m1/s1. The van der Waals surface area contributed by atoms with Crippen LogP contribution in [-0.2, 0) is 28.4 Å². The highest BCUT2D eigenvalue weighted by atomic mass is 16.8. The third-order valence-corrected chi connectivity index (χ3v) is 15.4. The van der Waals surface area contributed by atoms with Crippen LogP contribution < -0.4 is 0 Å². The molecule has 0 aromatic carbocycles. The summed E-state index contributed by atoms with van der Waals surface area (Å²) in [4.78, 5) is 0. The predicted octanol–water partition coefficient (Wildman–Crippen LogP) is 0.971. The molecule has 4 aliphatic carbocycles. The first-order valence-electron chi connectivity index (χ1n) is 19.4. The maximum atomic E-state index is 11.1. The molecule has 0 aromatic rings. The van der Waals surface area contributed by atoms with E-state index < -0.39 is 84.8 Å². The fourth-order valence-corrected chi connectivity index (χ4v) is 12.4. The largest absolute Gasteiger partial charge is 0.393 e. The van der Waals surface area contributed by atoms with Gasteiger partial charge in [0.05, 0.1) is 43.7 Å². The maximum Gasteiger partial charge on any atom is 0.187 e. The molecule has 0 radical (unpaired) electrons. The van der Waals surface area contributed by atoms with E-state index in [9.17, 15) is 35.7 Å². The van der Waals surface area contributed by atoms with E-state index in [0.29, 0.717) is 43.6 Å². The summed E-state index contributed by atoms with van der Waals surface area (Å²) >= 11 is 0. The first-order chi connectivity index (χ1) is 24.1. The Hall–Kier alpha value is -0.780. The quantitative estimate of drug-likeness (QED) is 0.203. The zero-order chi connectivity index (χ0) is 36.4. The van der Waals surface area contributed by atoms with Gasteiger partial charge in [0, 0.05) is 30.1 Å². The van der Waals surface area contributed by atoms with Gasteiger partial charge in [0.25, 0.3) is 0 Å². The molecule has 13 nitrogen and oxygen atoms in total. The summed E-state index contributed by atoms with van der Waals surface area (Å²) in [6, 6.07) is 0. The van der Waals surface area contributed by atoms with Crippen molar-refractivity contribution in [1.29, 1.82) is 0 Å². The molecule has 7 N–H and O–H groups in total. The van der Waals surface area contributed by atoms with Crippen LogP contribution in [0, 0.1) is 46.3 Å². The summed E-state index contributed by atoms with van der Waals surface area (Å²) in [7, 11) is 0. The van der Waals surface area contributed by atoms with Crippen molar-refractivity contribution in [2.45, 2.75) is 165 Å². The molecule has 0 amide bonds. The van der Waals surface area contributed by atoms with E-state index in [1.54, 1.807) is 0 Å². The number of hydrogen-bond acceptors (Lipinski definition) is 13. The number of ether oxygens (including phenoxy) is 6. The van der Waals surface area contributed by atoms with Crippen molar-refractivity contribution >= 4 is 0 Å². The van der Waals surface area contributed by atoms with E-state index in [2.05, 4.69) is 26.8 Å². The molecule has 1 spiro atoms. The summed E-state index contributed by atoms with van der Waals surface area (Å²) in [6.07, 6.45) is -5.94. The van der Waals surface area contributed by atoms with Gasteiger partial charge in [-0.1, -0.05) is 39.3 Å².